The number of aryl methyl sites for hydroxylation is 1. The molecule has 0 fully saturated rings. The summed E-state index contributed by atoms with van der Waals surface area (Å²) in [5.41, 5.74) is 2.44. The van der Waals surface area contributed by atoms with Crippen molar-refractivity contribution in [3.63, 3.8) is 0 Å². The van der Waals surface area contributed by atoms with Crippen LogP contribution in [-0.2, 0) is 27.8 Å². The molecule has 0 saturated heterocycles. The monoisotopic (exact) mass is 318 g/mol. The number of aromatic nitrogens is 2. The molecule has 0 aliphatic heterocycles. The van der Waals surface area contributed by atoms with Crippen molar-refractivity contribution >= 4 is 0 Å². The third-order valence-electron chi connectivity index (χ3n) is 3.50. The van der Waals surface area contributed by atoms with Crippen LogP contribution in [0.1, 0.15) is 0 Å². The predicted molar refractivity (Wildman–Crippen MR) is 86.8 cm³/mol. The zero-order valence-electron chi connectivity index (χ0n) is 14.0. The van der Waals surface area contributed by atoms with E-state index in [2.05, 4.69) is 53.6 Å². The molecule has 5 heteroatoms. The van der Waals surface area contributed by atoms with Crippen molar-refractivity contribution in [2.45, 2.75) is 6.54 Å². The minimum atomic E-state index is 0.610. The zero-order valence-corrected chi connectivity index (χ0v) is 14.0. The molecule has 23 heavy (non-hydrogen) atoms. The van der Waals surface area contributed by atoms with E-state index >= 15 is 0 Å². The van der Waals surface area contributed by atoms with Gasteiger partial charge in [0, 0.05) is 31.4 Å². The maximum atomic E-state index is 5.56. The molecule has 2 aromatic heterocycles. The molecule has 2 heterocycles. The van der Waals surface area contributed by atoms with E-state index in [1.54, 1.807) is 7.11 Å². The molecule has 0 aliphatic rings. The fourth-order valence-electron chi connectivity index (χ4n) is 2.13. The molecule has 0 amide bonds. The highest BCUT2D eigenvalue weighted by Crippen LogP contribution is 2.15. The van der Waals surface area contributed by atoms with Crippen molar-refractivity contribution in [1.29, 1.82) is 0 Å². The summed E-state index contributed by atoms with van der Waals surface area (Å²) in [5.74, 6) is 0. The maximum absolute atomic E-state index is 5.56. The smallest absolute Gasteiger partial charge is 0.171 e. The van der Waals surface area contributed by atoms with Crippen molar-refractivity contribution in [3.8, 4) is 11.1 Å². The Hall–Kier alpha value is -1.82. The molecule has 0 radical (unpaired) electrons. The number of rotatable bonds is 10. The second kappa shape index (κ2) is 10.0. The number of nitrogens with zero attached hydrogens (tertiary/aromatic N) is 2. The summed E-state index contributed by atoms with van der Waals surface area (Å²) >= 11 is 0. The van der Waals surface area contributed by atoms with Gasteiger partial charge in [-0.3, -0.25) is 0 Å². The van der Waals surface area contributed by atoms with E-state index in [4.69, 9.17) is 14.2 Å². The third-order valence-corrected chi connectivity index (χ3v) is 3.50. The van der Waals surface area contributed by atoms with Crippen molar-refractivity contribution < 1.29 is 23.3 Å². The summed E-state index contributed by atoms with van der Waals surface area (Å²) < 4.78 is 20.0. The molecular weight excluding hydrogens is 292 g/mol. The maximum Gasteiger partial charge on any atom is 0.171 e. The van der Waals surface area contributed by atoms with Gasteiger partial charge in [-0.25, -0.2) is 9.13 Å². The number of pyridine rings is 2. The second-order valence-electron chi connectivity index (χ2n) is 5.29. The van der Waals surface area contributed by atoms with Gasteiger partial charge in [-0.15, -0.1) is 0 Å². The van der Waals surface area contributed by atoms with E-state index in [-0.39, 0.29) is 0 Å². The van der Waals surface area contributed by atoms with Crippen LogP contribution in [0.5, 0.6) is 0 Å². The molecule has 2 aromatic rings. The molecule has 0 N–H and O–H groups in total. The van der Waals surface area contributed by atoms with Gasteiger partial charge < -0.3 is 14.2 Å². The molecule has 2 rings (SSSR count). The van der Waals surface area contributed by atoms with E-state index in [9.17, 15) is 0 Å². The summed E-state index contributed by atoms with van der Waals surface area (Å²) in [5, 5.41) is 0. The summed E-state index contributed by atoms with van der Waals surface area (Å²) in [4.78, 5) is 0. The minimum Gasteiger partial charge on any atom is -0.382 e. The molecular formula is C18H26N2O3+2. The molecule has 0 atom stereocenters. The largest absolute Gasteiger partial charge is 0.382 e. The molecule has 0 aliphatic carbocycles. The van der Waals surface area contributed by atoms with Crippen molar-refractivity contribution in [2.75, 3.05) is 40.1 Å². The number of hydrogen-bond donors (Lipinski definition) is 0. The predicted octanol–water partition coefficient (Wildman–Crippen LogP) is 1.15. The highest BCUT2D eigenvalue weighted by Gasteiger charge is 2.04. The zero-order chi connectivity index (χ0) is 16.3. The third kappa shape index (κ3) is 6.44. The van der Waals surface area contributed by atoms with Crippen molar-refractivity contribution in [1.82, 2.24) is 0 Å². The van der Waals surface area contributed by atoms with Gasteiger partial charge in [-0.2, -0.15) is 0 Å². The summed E-state index contributed by atoms with van der Waals surface area (Å²) in [7, 11) is 3.69. The van der Waals surface area contributed by atoms with Gasteiger partial charge in [0.2, 0.25) is 0 Å². The second-order valence-corrected chi connectivity index (χ2v) is 5.29. The fourth-order valence-corrected chi connectivity index (χ4v) is 2.13. The first kappa shape index (κ1) is 17.5. The average Bonchev–Trinajstić information content (AvgIpc) is 2.59. The number of hydrogen-bond acceptors (Lipinski definition) is 3. The quantitative estimate of drug-likeness (QED) is 0.487. The van der Waals surface area contributed by atoms with Crippen LogP contribution in [0.25, 0.3) is 11.1 Å². The Labute approximate surface area is 138 Å². The number of ether oxygens (including phenoxy) is 3. The van der Waals surface area contributed by atoms with Gasteiger partial charge in [-0.1, -0.05) is 0 Å². The van der Waals surface area contributed by atoms with Crippen LogP contribution < -0.4 is 9.13 Å². The first-order valence-corrected chi connectivity index (χ1v) is 7.89. The average molecular weight is 318 g/mol. The fraction of sp³-hybridized carbons (Fsp3) is 0.444. The first-order valence-electron chi connectivity index (χ1n) is 7.89. The normalized spacial score (nSPS) is 10.9. The Balaban J connectivity index is 1.68. The van der Waals surface area contributed by atoms with Crippen LogP contribution in [0.15, 0.2) is 49.1 Å². The molecule has 5 nitrogen and oxygen atoms in total. The highest BCUT2D eigenvalue weighted by atomic mass is 16.5. The van der Waals surface area contributed by atoms with Gasteiger partial charge in [0.15, 0.2) is 31.3 Å². The van der Waals surface area contributed by atoms with Gasteiger partial charge >= 0.3 is 0 Å². The van der Waals surface area contributed by atoms with Gasteiger partial charge in [0.05, 0.1) is 26.4 Å². The van der Waals surface area contributed by atoms with Gasteiger partial charge in [0.25, 0.3) is 0 Å². The summed E-state index contributed by atoms with van der Waals surface area (Å²) in [6.45, 7) is 3.98. The molecule has 0 spiro atoms. The lowest BCUT2D eigenvalue weighted by Crippen LogP contribution is -2.35. The van der Waals surface area contributed by atoms with Gasteiger partial charge in [-0.05, 0) is 11.1 Å². The summed E-state index contributed by atoms with van der Waals surface area (Å²) in [6, 6.07) is 8.49. The molecule has 0 unspecified atom stereocenters. The molecule has 0 saturated carbocycles. The Kier molecular flexibility index (Phi) is 7.66. The Bertz CT molecular complexity index is 555. The molecule has 0 bridgehead atoms. The van der Waals surface area contributed by atoms with Crippen molar-refractivity contribution in [3.05, 3.63) is 49.1 Å². The standard InChI is InChI=1S/C18H26N2O3/c1-19-7-3-17(4-8-19)18-5-9-20(10-6-18)11-12-22-15-16-23-14-13-21-2/h3-10H,11-16H2,1-2H3/q+2. The van der Waals surface area contributed by atoms with E-state index in [0.29, 0.717) is 33.0 Å². The van der Waals surface area contributed by atoms with E-state index in [0.717, 1.165) is 6.54 Å². The SMILES string of the molecule is COCCOCCOCC[n+]1ccc(-c2cc[n+](C)cc2)cc1. The first-order chi connectivity index (χ1) is 11.3. The van der Waals surface area contributed by atoms with E-state index < -0.39 is 0 Å². The van der Waals surface area contributed by atoms with Crippen LogP contribution >= 0.6 is 0 Å². The number of methoxy groups -OCH3 is 1. The Morgan fingerprint density at radius 2 is 1.26 bits per heavy atom. The highest BCUT2D eigenvalue weighted by molar-refractivity contribution is 5.60. The Morgan fingerprint density at radius 1 is 0.739 bits per heavy atom. The van der Waals surface area contributed by atoms with Crippen LogP contribution in [0.4, 0.5) is 0 Å². The van der Waals surface area contributed by atoms with Crippen LogP contribution in [0.2, 0.25) is 0 Å². The lowest BCUT2D eigenvalue weighted by atomic mass is 10.1. The van der Waals surface area contributed by atoms with E-state index in [1.807, 2.05) is 11.6 Å². The lowest BCUT2D eigenvalue weighted by Gasteiger charge is -2.04. The minimum absolute atomic E-state index is 0.610. The lowest BCUT2D eigenvalue weighted by molar-refractivity contribution is -0.698. The van der Waals surface area contributed by atoms with Crippen LogP contribution in [0.3, 0.4) is 0 Å². The van der Waals surface area contributed by atoms with Crippen LogP contribution in [-0.4, -0.2) is 40.1 Å². The molecule has 0 aromatic carbocycles. The topological polar surface area (TPSA) is 35.5 Å². The van der Waals surface area contributed by atoms with Crippen LogP contribution in [0, 0.1) is 0 Å². The Morgan fingerprint density at radius 3 is 1.87 bits per heavy atom. The van der Waals surface area contributed by atoms with Crippen molar-refractivity contribution in [2.24, 2.45) is 7.05 Å². The summed E-state index contributed by atoms with van der Waals surface area (Å²) in [6.07, 6.45) is 8.28. The van der Waals surface area contributed by atoms with E-state index in [1.165, 1.54) is 11.1 Å². The molecule has 124 valence electrons. The van der Waals surface area contributed by atoms with Gasteiger partial charge in [0.1, 0.15) is 13.7 Å².